The Morgan fingerprint density at radius 3 is 3.09 bits per heavy atom. The lowest BCUT2D eigenvalue weighted by molar-refractivity contribution is -0.113. The highest BCUT2D eigenvalue weighted by Crippen LogP contribution is 2.32. The minimum Gasteiger partial charge on any atom is -0.324 e. The lowest BCUT2D eigenvalue weighted by Gasteiger charge is -2.16. The lowest BCUT2D eigenvalue weighted by Crippen LogP contribution is -2.20. The number of hydrogen-bond donors (Lipinski definition) is 2. The zero-order valence-corrected chi connectivity index (χ0v) is 13.5. The van der Waals surface area contributed by atoms with E-state index in [1.165, 1.54) is 11.8 Å². The van der Waals surface area contributed by atoms with Crippen molar-refractivity contribution in [3.63, 3.8) is 0 Å². The van der Waals surface area contributed by atoms with Gasteiger partial charge in [-0.05, 0) is 35.7 Å². The molecule has 0 saturated heterocycles. The van der Waals surface area contributed by atoms with Gasteiger partial charge in [-0.2, -0.15) is 0 Å². The molecule has 23 heavy (non-hydrogen) atoms. The zero-order valence-electron chi connectivity index (χ0n) is 11.8. The summed E-state index contributed by atoms with van der Waals surface area (Å²) >= 11 is 3.07. The molecule has 0 aliphatic carbocycles. The molecule has 3 heterocycles. The van der Waals surface area contributed by atoms with Crippen LogP contribution in [0.15, 0.2) is 46.8 Å². The minimum atomic E-state index is -0.246. The largest absolute Gasteiger partial charge is 0.324 e. The van der Waals surface area contributed by atoms with Crippen molar-refractivity contribution in [1.29, 1.82) is 0 Å². The van der Waals surface area contributed by atoms with Gasteiger partial charge < -0.3 is 10.6 Å². The Kier molecular flexibility index (Phi) is 3.51. The van der Waals surface area contributed by atoms with E-state index in [9.17, 15) is 9.59 Å². The van der Waals surface area contributed by atoms with Gasteiger partial charge in [0.25, 0.3) is 5.91 Å². The maximum Gasteiger partial charge on any atom is 0.256 e. The molecule has 1 aliphatic heterocycles. The molecule has 114 valence electrons. The summed E-state index contributed by atoms with van der Waals surface area (Å²) in [4.78, 5) is 29.2. The zero-order chi connectivity index (χ0) is 15.8. The van der Waals surface area contributed by atoms with E-state index in [1.54, 1.807) is 29.7 Å². The predicted molar refractivity (Wildman–Crippen MR) is 93.4 cm³/mol. The topological polar surface area (TPSA) is 71.1 Å². The molecule has 0 fully saturated rings. The summed E-state index contributed by atoms with van der Waals surface area (Å²) in [7, 11) is 0. The van der Waals surface area contributed by atoms with Crippen molar-refractivity contribution in [2.24, 2.45) is 0 Å². The number of thiophene rings is 1. The maximum atomic E-state index is 12.5. The molecular weight excluding hydrogens is 330 g/mol. The van der Waals surface area contributed by atoms with Gasteiger partial charge in [0.2, 0.25) is 5.91 Å². The second-order valence-corrected chi connectivity index (χ2v) is 6.96. The first-order valence-electron chi connectivity index (χ1n) is 6.91. The number of nitrogens with one attached hydrogen (secondary N) is 2. The van der Waals surface area contributed by atoms with Crippen LogP contribution in [0.3, 0.4) is 0 Å². The highest BCUT2D eigenvalue weighted by molar-refractivity contribution is 8.00. The first kappa shape index (κ1) is 14.2. The molecule has 7 heteroatoms. The number of fused-ring (bicyclic) bond motifs is 2. The molecule has 0 bridgehead atoms. The van der Waals surface area contributed by atoms with Gasteiger partial charge in [-0.1, -0.05) is 0 Å². The van der Waals surface area contributed by atoms with Crippen LogP contribution in [0.25, 0.3) is 10.1 Å². The molecule has 2 aromatic heterocycles. The first-order valence-corrected chi connectivity index (χ1v) is 8.77. The minimum absolute atomic E-state index is 0.0511. The average molecular weight is 341 g/mol. The maximum absolute atomic E-state index is 12.5. The molecule has 3 aromatic rings. The summed E-state index contributed by atoms with van der Waals surface area (Å²) in [5.74, 6) is 0.654. The van der Waals surface area contributed by atoms with Gasteiger partial charge in [0.05, 0.1) is 11.4 Å². The number of rotatable bonds is 2. The first-order chi connectivity index (χ1) is 11.2. The van der Waals surface area contributed by atoms with Crippen molar-refractivity contribution < 1.29 is 9.59 Å². The van der Waals surface area contributed by atoms with Gasteiger partial charge in [0.1, 0.15) is 5.82 Å². The van der Waals surface area contributed by atoms with Crippen LogP contribution in [-0.4, -0.2) is 22.6 Å². The number of anilines is 2. The number of carbonyl (C=O) groups is 2. The molecule has 5 nitrogen and oxygen atoms in total. The third-order valence-electron chi connectivity index (χ3n) is 3.49. The Hall–Kier alpha value is -2.38. The Balaban J connectivity index is 1.63. The average Bonchev–Trinajstić information content (AvgIpc) is 3.03. The van der Waals surface area contributed by atoms with Crippen molar-refractivity contribution >= 4 is 56.5 Å². The van der Waals surface area contributed by atoms with E-state index < -0.39 is 0 Å². The van der Waals surface area contributed by atoms with E-state index >= 15 is 0 Å². The molecule has 1 aliphatic rings. The number of benzene rings is 1. The summed E-state index contributed by atoms with van der Waals surface area (Å²) < 4.78 is 1.07. The van der Waals surface area contributed by atoms with Crippen molar-refractivity contribution in [1.82, 2.24) is 4.98 Å². The number of nitrogens with zero attached hydrogens (tertiary/aromatic N) is 1. The normalized spacial score (nSPS) is 13.5. The van der Waals surface area contributed by atoms with E-state index in [0.717, 1.165) is 15.0 Å². The standard InChI is InChI=1S/C16H11N3O2S2/c20-14-8-23-13-2-1-9(7-11(13)18-14)16(21)19-15-10-4-6-22-12(10)3-5-17-15/h1-7H,8H2,(H,18,20)(H,17,19,21). The molecule has 0 spiro atoms. The van der Waals surface area contributed by atoms with Crippen LogP contribution in [0.4, 0.5) is 11.5 Å². The second kappa shape index (κ2) is 5.68. The van der Waals surface area contributed by atoms with E-state index in [-0.39, 0.29) is 11.8 Å². The van der Waals surface area contributed by atoms with Gasteiger partial charge >= 0.3 is 0 Å². The molecular formula is C16H11N3O2S2. The highest BCUT2D eigenvalue weighted by Gasteiger charge is 2.18. The molecule has 0 saturated carbocycles. The quantitative estimate of drug-likeness (QED) is 0.747. The number of aromatic nitrogens is 1. The van der Waals surface area contributed by atoms with Crippen LogP contribution in [0.1, 0.15) is 10.4 Å². The van der Waals surface area contributed by atoms with Gasteiger partial charge in [-0.15, -0.1) is 23.1 Å². The molecule has 4 rings (SSSR count). The van der Waals surface area contributed by atoms with Crippen molar-refractivity contribution in [3.05, 3.63) is 47.5 Å². The number of carbonyl (C=O) groups excluding carboxylic acids is 2. The number of hydrogen-bond acceptors (Lipinski definition) is 5. The molecule has 0 unspecified atom stereocenters. The van der Waals surface area contributed by atoms with Crippen LogP contribution in [0.5, 0.6) is 0 Å². The molecule has 1 aromatic carbocycles. The van der Waals surface area contributed by atoms with Gasteiger partial charge in [0.15, 0.2) is 0 Å². The molecule has 0 radical (unpaired) electrons. The molecule has 2 N–H and O–H groups in total. The summed E-state index contributed by atoms with van der Waals surface area (Å²) in [5.41, 5.74) is 1.17. The summed E-state index contributed by atoms with van der Waals surface area (Å²) in [6, 6.07) is 9.16. The second-order valence-electron chi connectivity index (χ2n) is 4.99. The van der Waals surface area contributed by atoms with Crippen LogP contribution in [-0.2, 0) is 4.79 Å². The van der Waals surface area contributed by atoms with Crippen LogP contribution in [0.2, 0.25) is 0 Å². The van der Waals surface area contributed by atoms with E-state index in [1.807, 2.05) is 23.6 Å². The van der Waals surface area contributed by atoms with E-state index in [0.29, 0.717) is 22.8 Å². The van der Waals surface area contributed by atoms with Crippen LogP contribution < -0.4 is 10.6 Å². The Bertz CT molecular complexity index is 936. The van der Waals surface area contributed by atoms with E-state index in [4.69, 9.17) is 0 Å². The SMILES string of the molecule is O=C1CSc2ccc(C(=O)Nc3nccc4sccc34)cc2N1. The number of amides is 2. The van der Waals surface area contributed by atoms with Crippen molar-refractivity contribution in [3.8, 4) is 0 Å². The van der Waals surface area contributed by atoms with Gasteiger partial charge in [-0.25, -0.2) is 4.98 Å². The van der Waals surface area contributed by atoms with Crippen LogP contribution >= 0.6 is 23.1 Å². The summed E-state index contributed by atoms with van der Waals surface area (Å²) in [6.45, 7) is 0. The fourth-order valence-corrected chi connectivity index (χ4v) is 3.97. The number of pyridine rings is 1. The molecule has 0 atom stereocenters. The summed E-state index contributed by atoms with van der Waals surface area (Å²) in [6.07, 6.45) is 1.68. The fourth-order valence-electron chi connectivity index (χ4n) is 2.40. The van der Waals surface area contributed by atoms with E-state index in [2.05, 4.69) is 15.6 Å². The number of thioether (sulfide) groups is 1. The highest BCUT2D eigenvalue weighted by atomic mass is 32.2. The predicted octanol–water partition coefficient (Wildman–Crippen LogP) is 3.59. The smallest absolute Gasteiger partial charge is 0.256 e. The fraction of sp³-hybridized carbons (Fsp3) is 0.0625. The van der Waals surface area contributed by atoms with Gasteiger partial charge in [0, 0.05) is 26.7 Å². The third kappa shape index (κ3) is 2.69. The Morgan fingerprint density at radius 1 is 1.26 bits per heavy atom. The van der Waals surface area contributed by atoms with Crippen molar-refractivity contribution in [2.45, 2.75) is 4.90 Å². The summed E-state index contributed by atoms with van der Waals surface area (Å²) in [5, 5.41) is 8.52. The Morgan fingerprint density at radius 2 is 2.17 bits per heavy atom. The third-order valence-corrected chi connectivity index (χ3v) is 5.44. The lowest BCUT2D eigenvalue weighted by atomic mass is 10.1. The monoisotopic (exact) mass is 341 g/mol. The molecule has 2 amide bonds. The van der Waals surface area contributed by atoms with Gasteiger partial charge in [-0.3, -0.25) is 9.59 Å². The van der Waals surface area contributed by atoms with Crippen LogP contribution in [0, 0.1) is 0 Å². The Labute approximate surface area is 140 Å². The van der Waals surface area contributed by atoms with Crippen molar-refractivity contribution in [2.75, 3.05) is 16.4 Å².